The van der Waals surface area contributed by atoms with E-state index in [9.17, 15) is 0 Å². The Morgan fingerprint density at radius 2 is 1.95 bits per heavy atom. The van der Waals surface area contributed by atoms with Gasteiger partial charge in [-0.2, -0.15) is 11.8 Å². The average molecular weight is 333 g/mol. The summed E-state index contributed by atoms with van der Waals surface area (Å²) in [7, 11) is 0. The lowest BCUT2D eigenvalue weighted by atomic mass is 10.0. The number of hydrogen-bond acceptors (Lipinski definition) is 3. The minimum absolute atomic E-state index is 0.0543. The second-order valence-corrected chi connectivity index (χ2v) is 8.22. The topological polar surface area (TPSA) is 29.3 Å². The summed E-state index contributed by atoms with van der Waals surface area (Å²) in [6.45, 7) is 7.89. The number of halogens is 2. The molecule has 20 heavy (non-hydrogen) atoms. The van der Waals surface area contributed by atoms with Crippen LogP contribution < -0.4 is 5.73 Å². The van der Waals surface area contributed by atoms with E-state index in [-0.39, 0.29) is 6.04 Å². The number of hydrogen-bond donors (Lipinski definition) is 1. The molecule has 2 rings (SSSR count). The van der Waals surface area contributed by atoms with Crippen molar-refractivity contribution in [3.63, 3.8) is 0 Å². The highest BCUT2D eigenvalue weighted by molar-refractivity contribution is 8.00. The van der Waals surface area contributed by atoms with Gasteiger partial charge in [-0.25, -0.2) is 0 Å². The van der Waals surface area contributed by atoms with Crippen LogP contribution in [0.25, 0.3) is 0 Å². The summed E-state index contributed by atoms with van der Waals surface area (Å²) in [6, 6.07) is 5.62. The van der Waals surface area contributed by atoms with E-state index >= 15 is 0 Å². The van der Waals surface area contributed by atoms with Gasteiger partial charge in [0, 0.05) is 36.2 Å². The van der Waals surface area contributed by atoms with Gasteiger partial charge in [0.2, 0.25) is 0 Å². The van der Waals surface area contributed by atoms with Crippen molar-refractivity contribution in [1.29, 1.82) is 0 Å². The normalized spacial score (nSPS) is 25.6. The fourth-order valence-corrected chi connectivity index (χ4v) is 4.59. The van der Waals surface area contributed by atoms with Gasteiger partial charge in [-0.1, -0.05) is 49.2 Å². The Morgan fingerprint density at radius 3 is 2.60 bits per heavy atom. The second kappa shape index (κ2) is 7.37. The molecule has 1 aliphatic rings. The van der Waals surface area contributed by atoms with Crippen LogP contribution in [-0.4, -0.2) is 35.0 Å². The first-order chi connectivity index (χ1) is 9.47. The highest BCUT2D eigenvalue weighted by Crippen LogP contribution is 2.31. The van der Waals surface area contributed by atoms with E-state index in [2.05, 4.69) is 30.5 Å². The molecule has 2 nitrogen and oxygen atoms in total. The van der Waals surface area contributed by atoms with Gasteiger partial charge >= 0.3 is 0 Å². The highest BCUT2D eigenvalue weighted by Gasteiger charge is 2.22. The van der Waals surface area contributed by atoms with E-state index in [0.29, 0.717) is 20.5 Å². The number of thioether (sulfide) groups is 1. The molecular weight excluding hydrogens is 311 g/mol. The molecular formula is C15H22Cl2N2S. The fourth-order valence-electron chi connectivity index (χ4n) is 2.75. The van der Waals surface area contributed by atoms with Gasteiger partial charge in [-0.15, -0.1) is 0 Å². The predicted molar refractivity (Wildman–Crippen MR) is 91.0 cm³/mol. The summed E-state index contributed by atoms with van der Waals surface area (Å²) in [5.74, 6) is 0. The van der Waals surface area contributed by atoms with Crippen LogP contribution in [0.15, 0.2) is 18.2 Å². The first-order valence-electron chi connectivity index (χ1n) is 7.04. The molecule has 112 valence electrons. The standard InChI is InChI=1S/C15H22Cl2N2S/c1-10-8-19(9-11(2)20-10)7-6-14(18)12-4-3-5-13(16)15(12)17/h3-5,10-11,14H,6-9,18H2,1-2H3. The van der Waals surface area contributed by atoms with Crippen molar-refractivity contribution in [2.24, 2.45) is 5.73 Å². The van der Waals surface area contributed by atoms with Crippen LogP contribution in [0.4, 0.5) is 0 Å². The van der Waals surface area contributed by atoms with Crippen molar-refractivity contribution < 1.29 is 0 Å². The van der Waals surface area contributed by atoms with Crippen molar-refractivity contribution >= 4 is 35.0 Å². The maximum atomic E-state index is 6.28. The third-order valence-electron chi connectivity index (χ3n) is 3.63. The summed E-state index contributed by atoms with van der Waals surface area (Å²) >= 11 is 14.3. The molecule has 3 atom stereocenters. The van der Waals surface area contributed by atoms with Gasteiger partial charge in [0.05, 0.1) is 10.0 Å². The molecule has 1 fully saturated rings. The Morgan fingerprint density at radius 1 is 1.30 bits per heavy atom. The van der Waals surface area contributed by atoms with Crippen LogP contribution in [0, 0.1) is 0 Å². The SMILES string of the molecule is CC1CN(CCC(N)c2cccc(Cl)c2Cl)CC(C)S1. The fraction of sp³-hybridized carbons (Fsp3) is 0.600. The molecule has 1 aromatic rings. The van der Waals surface area contributed by atoms with Crippen molar-refractivity contribution in [3.05, 3.63) is 33.8 Å². The lowest BCUT2D eigenvalue weighted by molar-refractivity contribution is 0.260. The highest BCUT2D eigenvalue weighted by atomic mass is 35.5. The average Bonchev–Trinajstić information content (AvgIpc) is 2.38. The van der Waals surface area contributed by atoms with Gasteiger partial charge in [-0.3, -0.25) is 0 Å². The Hall–Kier alpha value is 0.0700. The summed E-state index contributed by atoms with van der Waals surface area (Å²) in [5, 5.41) is 2.57. The number of rotatable bonds is 4. The summed E-state index contributed by atoms with van der Waals surface area (Å²) < 4.78 is 0. The van der Waals surface area contributed by atoms with Crippen LogP contribution in [0.2, 0.25) is 10.0 Å². The van der Waals surface area contributed by atoms with Crippen LogP contribution >= 0.6 is 35.0 Å². The molecule has 1 aliphatic heterocycles. The van der Waals surface area contributed by atoms with E-state index in [4.69, 9.17) is 28.9 Å². The second-order valence-electron chi connectivity index (χ2n) is 5.56. The Kier molecular flexibility index (Phi) is 6.06. The molecule has 1 aromatic carbocycles. The van der Waals surface area contributed by atoms with E-state index in [0.717, 1.165) is 31.6 Å². The van der Waals surface area contributed by atoms with Crippen LogP contribution in [-0.2, 0) is 0 Å². The van der Waals surface area contributed by atoms with Crippen molar-refractivity contribution in [2.75, 3.05) is 19.6 Å². The minimum Gasteiger partial charge on any atom is -0.324 e. The molecule has 1 heterocycles. The lowest BCUT2D eigenvalue weighted by Gasteiger charge is -2.35. The van der Waals surface area contributed by atoms with Gasteiger partial charge < -0.3 is 10.6 Å². The molecule has 5 heteroatoms. The van der Waals surface area contributed by atoms with E-state index in [1.807, 2.05) is 12.1 Å². The van der Waals surface area contributed by atoms with Crippen LogP contribution in [0.1, 0.15) is 31.9 Å². The lowest BCUT2D eigenvalue weighted by Crippen LogP contribution is -2.41. The summed E-state index contributed by atoms with van der Waals surface area (Å²) in [4.78, 5) is 2.50. The van der Waals surface area contributed by atoms with E-state index < -0.39 is 0 Å². The van der Waals surface area contributed by atoms with Gasteiger partial charge in [0.15, 0.2) is 0 Å². The third-order valence-corrected chi connectivity index (χ3v) is 5.69. The molecule has 0 bridgehead atoms. The third kappa shape index (κ3) is 4.28. The van der Waals surface area contributed by atoms with E-state index in [1.54, 1.807) is 6.07 Å². The number of nitrogens with zero attached hydrogens (tertiary/aromatic N) is 1. The maximum Gasteiger partial charge on any atom is 0.0640 e. The molecule has 2 N–H and O–H groups in total. The Labute approximate surface area is 136 Å². The summed E-state index contributed by atoms with van der Waals surface area (Å²) in [5.41, 5.74) is 7.23. The quantitative estimate of drug-likeness (QED) is 0.895. The first kappa shape index (κ1) is 16.4. The van der Waals surface area contributed by atoms with Crippen LogP contribution in [0.5, 0.6) is 0 Å². The van der Waals surface area contributed by atoms with Gasteiger partial charge in [-0.05, 0) is 18.1 Å². The first-order valence-corrected chi connectivity index (χ1v) is 8.74. The number of benzene rings is 1. The molecule has 3 unspecified atom stereocenters. The van der Waals surface area contributed by atoms with Crippen molar-refractivity contribution in [3.8, 4) is 0 Å². The van der Waals surface area contributed by atoms with Crippen molar-refractivity contribution in [1.82, 2.24) is 4.90 Å². The molecule has 1 saturated heterocycles. The number of nitrogens with two attached hydrogens (primary N) is 1. The zero-order chi connectivity index (χ0) is 14.7. The summed E-state index contributed by atoms with van der Waals surface area (Å²) in [6.07, 6.45) is 0.907. The Bertz CT molecular complexity index is 445. The van der Waals surface area contributed by atoms with Gasteiger partial charge in [0.25, 0.3) is 0 Å². The zero-order valence-corrected chi connectivity index (χ0v) is 14.3. The largest absolute Gasteiger partial charge is 0.324 e. The molecule has 0 amide bonds. The predicted octanol–water partition coefficient (Wildman–Crippen LogP) is 4.21. The monoisotopic (exact) mass is 332 g/mol. The maximum absolute atomic E-state index is 6.28. The molecule has 0 aromatic heterocycles. The molecule has 0 saturated carbocycles. The smallest absolute Gasteiger partial charge is 0.0640 e. The molecule has 0 aliphatic carbocycles. The van der Waals surface area contributed by atoms with E-state index in [1.165, 1.54) is 0 Å². The molecule has 0 radical (unpaired) electrons. The van der Waals surface area contributed by atoms with Gasteiger partial charge in [0.1, 0.15) is 0 Å². The zero-order valence-electron chi connectivity index (χ0n) is 12.0. The minimum atomic E-state index is -0.0543. The van der Waals surface area contributed by atoms with Crippen molar-refractivity contribution in [2.45, 2.75) is 36.8 Å². The molecule has 0 spiro atoms. The van der Waals surface area contributed by atoms with Crippen LogP contribution in [0.3, 0.4) is 0 Å². The Balaban J connectivity index is 1.91.